The zero-order valence-electron chi connectivity index (χ0n) is 23.4. The molecule has 0 fully saturated rings. The number of nitrogens with zero attached hydrogens (tertiary/aromatic N) is 1. The van der Waals surface area contributed by atoms with Crippen LogP contribution in [-0.4, -0.2) is 29.1 Å². The van der Waals surface area contributed by atoms with Crippen molar-refractivity contribution < 1.29 is 30.0 Å². The number of carbonyl (C=O) groups excluding carboxylic acids is 1. The molecule has 5 aromatic carbocycles. The van der Waals surface area contributed by atoms with Gasteiger partial charge in [0.05, 0.1) is 5.76 Å². The topological polar surface area (TPSA) is 50.2 Å². The fourth-order valence-corrected chi connectivity index (χ4v) is 7.47. The molecule has 203 valence electrons. The molecule has 1 aromatic heterocycles. The summed E-state index contributed by atoms with van der Waals surface area (Å²) in [6, 6.07) is 36.5. The largest absolute Gasteiger partial charge is 0 e. The Balaban J connectivity index is 0.000000413. The Morgan fingerprint density at radius 2 is 1.43 bits per heavy atom. The van der Waals surface area contributed by atoms with Gasteiger partial charge < -0.3 is 5.11 Å². The van der Waals surface area contributed by atoms with Gasteiger partial charge in [0.25, 0.3) is 0 Å². The molecule has 0 spiro atoms. The fourth-order valence-electron chi connectivity index (χ4n) is 5.01. The minimum Gasteiger partial charge on any atom is 0 e. The molecule has 6 rings (SSSR count). The van der Waals surface area contributed by atoms with Crippen molar-refractivity contribution in [1.29, 1.82) is 0 Å². The zero-order valence-corrected chi connectivity index (χ0v) is 27.9. The number of benzene rings is 5. The van der Waals surface area contributed by atoms with Gasteiger partial charge in [0.2, 0.25) is 0 Å². The molecule has 1 radical (unpaired) electrons. The van der Waals surface area contributed by atoms with Crippen molar-refractivity contribution >= 4 is 66.7 Å². The standard InChI is InChI=1S/C30H24GeN.C5H8O2.Ir/c1-31(2,3)22-13-14-24-21(18-22)12-16-29-27(24)15-17-30(32-29)28-19-20-8-4-5-9-23(20)25-10-6-7-11-26(25)28;1-4(6)3-5(2)7;/h4-18H,1-3H3;3,6H,1-2H3;/q-1;;/b;4-3-;. The van der Waals surface area contributed by atoms with Crippen LogP contribution in [0.15, 0.2) is 103 Å². The Morgan fingerprint density at radius 1 is 0.775 bits per heavy atom. The second kappa shape index (κ2) is 12.1. The number of pyridine rings is 1. The van der Waals surface area contributed by atoms with Gasteiger partial charge in [-0.05, 0) is 13.8 Å². The van der Waals surface area contributed by atoms with E-state index in [1.165, 1.54) is 52.2 Å². The Bertz CT molecular complexity index is 1900. The van der Waals surface area contributed by atoms with Crippen LogP contribution in [0.5, 0.6) is 0 Å². The first-order valence-electron chi connectivity index (χ1n) is 13.2. The molecule has 3 nitrogen and oxygen atoms in total. The van der Waals surface area contributed by atoms with Gasteiger partial charge in [-0.1, -0.05) is 24.3 Å². The van der Waals surface area contributed by atoms with Crippen LogP contribution in [0.4, 0.5) is 0 Å². The van der Waals surface area contributed by atoms with Crippen molar-refractivity contribution in [1.82, 2.24) is 4.98 Å². The van der Waals surface area contributed by atoms with E-state index in [4.69, 9.17) is 10.1 Å². The number of aromatic nitrogens is 1. The molecular formula is C35H32GeIrNO2-. The van der Waals surface area contributed by atoms with Crippen LogP contribution in [0, 0.1) is 6.07 Å². The average Bonchev–Trinajstić information content (AvgIpc) is 2.91. The number of allylic oxidation sites excluding steroid dienone is 2. The summed E-state index contributed by atoms with van der Waals surface area (Å²) in [4.78, 5) is 15.1. The molecule has 40 heavy (non-hydrogen) atoms. The molecule has 0 unspecified atom stereocenters. The third kappa shape index (κ3) is 6.20. The first-order chi connectivity index (χ1) is 18.6. The minimum atomic E-state index is -1.86. The van der Waals surface area contributed by atoms with Gasteiger partial charge >= 0.3 is 167 Å². The third-order valence-electron chi connectivity index (χ3n) is 6.89. The summed E-state index contributed by atoms with van der Waals surface area (Å²) in [7, 11) is 0. The van der Waals surface area contributed by atoms with Crippen molar-refractivity contribution in [2.75, 3.05) is 0 Å². The molecule has 0 saturated heterocycles. The predicted octanol–water partition coefficient (Wildman–Crippen LogP) is 8.74. The number of carbonyl (C=O) groups is 1. The Kier molecular flexibility index (Phi) is 8.94. The van der Waals surface area contributed by atoms with E-state index in [0.29, 0.717) is 0 Å². The van der Waals surface area contributed by atoms with Gasteiger partial charge in [-0.25, -0.2) is 0 Å². The predicted molar refractivity (Wildman–Crippen MR) is 169 cm³/mol. The van der Waals surface area contributed by atoms with Crippen LogP contribution in [-0.2, 0) is 24.9 Å². The molecule has 1 N–H and O–H groups in total. The van der Waals surface area contributed by atoms with E-state index in [9.17, 15) is 4.79 Å². The van der Waals surface area contributed by atoms with Crippen molar-refractivity contribution in [2.24, 2.45) is 0 Å². The summed E-state index contributed by atoms with van der Waals surface area (Å²) < 4.78 is 1.54. The molecule has 0 aliphatic carbocycles. The Labute approximate surface area is 251 Å². The van der Waals surface area contributed by atoms with Gasteiger partial charge in [0.1, 0.15) is 0 Å². The number of hydrogen-bond donors (Lipinski definition) is 1. The first kappa shape index (κ1) is 29.7. The van der Waals surface area contributed by atoms with Crippen LogP contribution >= 0.6 is 0 Å². The second-order valence-electron chi connectivity index (χ2n) is 11.0. The fraction of sp³-hybridized carbons (Fsp3) is 0.143. The Hall–Kier alpha value is -3.31. The molecule has 1 heterocycles. The van der Waals surface area contributed by atoms with E-state index < -0.39 is 13.3 Å². The van der Waals surface area contributed by atoms with Crippen molar-refractivity contribution in [3.05, 3.63) is 109 Å². The normalized spacial score (nSPS) is 11.8. The summed E-state index contributed by atoms with van der Waals surface area (Å²) in [6.45, 7) is 2.85. The number of rotatable bonds is 3. The van der Waals surface area contributed by atoms with E-state index >= 15 is 0 Å². The molecular weight excluding hydrogens is 731 g/mol. The molecule has 0 bridgehead atoms. The van der Waals surface area contributed by atoms with Crippen LogP contribution in [0.3, 0.4) is 0 Å². The smallest absolute Gasteiger partial charge is 0 e. The summed E-state index contributed by atoms with van der Waals surface area (Å²) in [5.41, 5.74) is 3.07. The van der Waals surface area contributed by atoms with Gasteiger partial charge in [0, 0.05) is 26.2 Å². The van der Waals surface area contributed by atoms with E-state index in [1.54, 1.807) is 4.40 Å². The number of hydrogen-bond acceptors (Lipinski definition) is 3. The van der Waals surface area contributed by atoms with Crippen molar-refractivity contribution in [2.45, 2.75) is 31.1 Å². The summed E-state index contributed by atoms with van der Waals surface area (Å²) in [5, 5.41) is 17.0. The Morgan fingerprint density at radius 3 is 2.08 bits per heavy atom. The van der Waals surface area contributed by atoms with Gasteiger partial charge in [-0.15, -0.1) is 0 Å². The van der Waals surface area contributed by atoms with Crippen molar-refractivity contribution in [3.63, 3.8) is 0 Å². The zero-order chi connectivity index (χ0) is 27.7. The maximum absolute atomic E-state index is 10.0. The van der Waals surface area contributed by atoms with Crippen molar-refractivity contribution in [3.8, 4) is 11.3 Å². The maximum Gasteiger partial charge on any atom is 0 e. The average molecular weight is 763 g/mol. The van der Waals surface area contributed by atoms with Crippen LogP contribution in [0.1, 0.15) is 13.8 Å². The third-order valence-corrected chi connectivity index (χ3v) is 11.2. The molecule has 5 heteroatoms. The van der Waals surface area contributed by atoms with E-state index in [1.807, 2.05) is 0 Å². The summed E-state index contributed by atoms with van der Waals surface area (Å²) in [5.74, 6) is 7.27. The number of ketones is 1. The maximum atomic E-state index is 10.0. The minimum absolute atomic E-state index is 0. The van der Waals surface area contributed by atoms with E-state index in [-0.39, 0.29) is 31.6 Å². The number of aliphatic hydroxyl groups excluding tert-OH is 1. The SMILES string of the molecule is CC(=O)/C=C(/C)O.[CH3][Ge]([CH3])([CH3])[c]1ccc2c(ccc3nc(-c4[c-]c5ccccc5c5ccccc45)ccc32)c1.[Ir]. The van der Waals surface area contributed by atoms with E-state index in [0.717, 1.165) is 22.2 Å². The summed E-state index contributed by atoms with van der Waals surface area (Å²) >= 11 is -1.86. The first-order valence-corrected chi connectivity index (χ1v) is 20.5. The number of aliphatic hydroxyl groups is 1. The molecule has 0 aliphatic rings. The monoisotopic (exact) mass is 765 g/mol. The molecule has 6 aromatic rings. The number of fused-ring (bicyclic) bond motifs is 6. The van der Waals surface area contributed by atoms with Gasteiger partial charge in [-0.2, -0.15) is 0 Å². The van der Waals surface area contributed by atoms with E-state index in [2.05, 4.69) is 114 Å². The molecule has 0 amide bonds. The quantitative estimate of drug-likeness (QED) is 0.0646. The van der Waals surface area contributed by atoms with Crippen LogP contribution in [0.2, 0.25) is 17.3 Å². The van der Waals surface area contributed by atoms with Gasteiger partial charge in [0.15, 0.2) is 5.78 Å². The van der Waals surface area contributed by atoms with Crippen LogP contribution < -0.4 is 4.40 Å². The van der Waals surface area contributed by atoms with Gasteiger partial charge in [-0.3, -0.25) is 4.79 Å². The molecule has 0 atom stereocenters. The second-order valence-corrected chi connectivity index (χ2v) is 21.7. The van der Waals surface area contributed by atoms with Crippen LogP contribution in [0.25, 0.3) is 54.5 Å². The molecule has 0 saturated carbocycles. The summed E-state index contributed by atoms with van der Waals surface area (Å²) in [6.07, 6.45) is 1.17. The molecule has 0 aliphatic heterocycles.